The number of esters is 1. The number of hydrogen-bond acceptors (Lipinski definition) is 6. The maximum absolute atomic E-state index is 13.3. The van der Waals surface area contributed by atoms with E-state index in [1.165, 1.54) is 0 Å². The Morgan fingerprint density at radius 3 is 2.55 bits per heavy atom. The zero-order chi connectivity index (χ0) is 22.9. The summed E-state index contributed by atoms with van der Waals surface area (Å²) in [5, 5.41) is 3.34. The summed E-state index contributed by atoms with van der Waals surface area (Å²) >= 11 is 0. The summed E-state index contributed by atoms with van der Waals surface area (Å²) in [5.74, 6) is 0.318. The fraction of sp³-hybridized carbons (Fsp3) is 0.520. The average molecular weight is 428 g/mol. The Kier molecular flexibility index (Phi) is 6.48. The Bertz CT molecular complexity index is 955. The lowest BCUT2D eigenvalue weighted by atomic mass is 9.68. The van der Waals surface area contributed by atoms with E-state index in [2.05, 4.69) is 19.2 Å². The van der Waals surface area contributed by atoms with Crippen molar-refractivity contribution in [3.8, 4) is 11.5 Å². The number of allylic oxidation sites excluding steroid dienone is 3. The van der Waals surface area contributed by atoms with Gasteiger partial charge in [-0.05, 0) is 57.2 Å². The summed E-state index contributed by atoms with van der Waals surface area (Å²) in [4.78, 5) is 26.3. The lowest BCUT2D eigenvalue weighted by Gasteiger charge is -2.39. The summed E-state index contributed by atoms with van der Waals surface area (Å²) < 4.78 is 16.8. The first-order chi connectivity index (χ1) is 14.6. The third kappa shape index (κ3) is 4.63. The molecule has 0 unspecified atom stereocenters. The summed E-state index contributed by atoms with van der Waals surface area (Å²) in [5.41, 5.74) is 3.38. The van der Waals surface area contributed by atoms with Gasteiger partial charge in [0.25, 0.3) is 0 Å². The lowest BCUT2D eigenvalue weighted by Crippen LogP contribution is -2.38. The van der Waals surface area contributed by atoms with Crippen LogP contribution in [0.15, 0.2) is 40.7 Å². The molecule has 1 heterocycles. The van der Waals surface area contributed by atoms with Crippen LogP contribution in [0.4, 0.5) is 0 Å². The molecule has 0 aromatic heterocycles. The van der Waals surface area contributed by atoms with Gasteiger partial charge in [0.15, 0.2) is 17.3 Å². The Morgan fingerprint density at radius 2 is 1.94 bits per heavy atom. The van der Waals surface area contributed by atoms with E-state index in [-0.39, 0.29) is 23.9 Å². The molecule has 31 heavy (non-hydrogen) atoms. The molecule has 0 amide bonds. The van der Waals surface area contributed by atoms with Crippen LogP contribution in [0.5, 0.6) is 11.5 Å². The molecule has 1 aliphatic heterocycles. The van der Waals surface area contributed by atoms with Crippen molar-refractivity contribution in [2.75, 3.05) is 13.7 Å². The number of hydrogen-bond donors (Lipinski definition) is 1. The first-order valence-corrected chi connectivity index (χ1v) is 10.8. The molecule has 0 saturated carbocycles. The van der Waals surface area contributed by atoms with Crippen LogP contribution in [0.3, 0.4) is 0 Å². The van der Waals surface area contributed by atoms with Crippen molar-refractivity contribution in [3.05, 3.63) is 46.3 Å². The van der Waals surface area contributed by atoms with Gasteiger partial charge in [0.05, 0.1) is 25.4 Å². The Labute approximate surface area is 184 Å². The van der Waals surface area contributed by atoms with Crippen molar-refractivity contribution in [1.82, 2.24) is 5.32 Å². The van der Waals surface area contributed by atoms with Gasteiger partial charge >= 0.3 is 5.97 Å². The number of rotatable bonds is 6. The van der Waals surface area contributed by atoms with E-state index in [1.807, 2.05) is 39.0 Å². The fourth-order valence-electron chi connectivity index (χ4n) is 4.46. The zero-order valence-electron chi connectivity index (χ0n) is 19.5. The molecule has 0 spiro atoms. The third-order valence-corrected chi connectivity index (χ3v) is 5.62. The number of ketones is 1. The van der Waals surface area contributed by atoms with Crippen molar-refractivity contribution in [3.63, 3.8) is 0 Å². The summed E-state index contributed by atoms with van der Waals surface area (Å²) in [7, 11) is 1.58. The minimum absolute atomic E-state index is 0.00710. The number of carbonyl (C=O) groups excluding carboxylic acids is 2. The van der Waals surface area contributed by atoms with Gasteiger partial charge in [-0.25, -0.2) is 4.79 Å². The molecular weight excluding hydrogens is 394 g/mol. The standard InChI is InChI=1S/C25H33NO5/c1-8-30-24(28)21-15(4)26-17-12-25(5,6)13-18(27)23(17)22(21)16-9-10-19(31-14(2)3)20(11-16)29-7/h9-11,14,22,26H,8,12-13H2,1-7H3/t22-/m0/s1. The van der Waals surface area contributed by atoms with Crippen LogP contribution in [0.1, 0.15) is 65.9 Å². The average Bonchev–Trinajstić information content (AvgIpc) is 2.65. The smallest absolute Gasteiger partial charge is 0.336 e. The van der Waals surface area contributed by atoms with E-state index in [1.54, 1.807) is 14.0 Å². The van der Waals surface area contributed by atoms with E-state index in [0.29, 0.717) is 34.8 Å². The molecule has 6 nitrogen and oxygen atoms in total. The van der Waals surface area contributed by atoms with Crippen molar-refractivity contribution in [1.29, 1.82) is 0 Å². The van der Waals surface area contributed by atoms with Crippen LogP contribution in [-0.4, -0.2) is 31.6 Å². The predicted octanol–water partition coefficient (Wildman–Crippen LogP) is 4.65. The monoisotopic (exact) mass is 427 g/mol. The summed E-state index contributed by atoms with van der Waals surface area (Å²) in [6, 6.07) is 5.60. The summed E-state index contributed by atoms with van der Waals surface area (Å²) in [6.07, 6.45) is 1.17. The predicted molar refractivity (Wildman–Crippen MR) is 119 cm³/mol. The van der Waals surface area contributed by atoms with Gasteiger partial charge in [0.1, 0.15) is 0 Å². The molecule has 168 valence electrons. The topological polar surface area (TPSA) is 73.9 Å². The molecule has 1 atom stereocenters. The highest BCUT2D eigenvalue weighted by Gasteiger charge is 2.43. The van der Waals surface area contributed by atoms with E-state index in [9.17, 15) is 9.59 Å². The van der Waals surface area contributed by atoms with Gasteiger partial charge < -0.3 is 19.5 Å². The Morgan fingerprint density at radius 1 is 1.23 bits per heavy atom. The molecule has 1 aromatic carbocycles. The second-order valence-corrected chi connectivity index (χ2v) is 9.23. The fourth-order valence-corrected chi connectivity index (χ4v) is 4.46. The second kappa shape index (κ2) is 8.77. The zero-order valence-corrected chi connectivity index (χ0v) is 19.5. The number of ether oxygens (including phenoxy) is 3. The molecule has 1 aliphatic carbocycles. The molecule has 6 heteroatoms. The van der Waals surface area contributed by atoms with Gasteiger partial charge in [0, 0.05) is 29.3 Å². The highest BCUT2D eigenvalue weighted by Crippen LogP contribution is 2.47. The minimum Gasteiger partial charge on any atom is -0.493 e. The maximum Gasteiger partial charge on any atom is 0.336 e. The van der Waals surface area contributed by atoms with Gasteiger partial charge in [-0.2, -0.15) is 0 Å². The largest absolute Gasteiger partial charge is 0.493 e. The molecule has 0 radical (unpaired) electrons. The van der Waals surface area contributed by atoms with Crippen molar-refractivity contribution in [2.45, 2.75) is 66.4 Å². The quantitative estimate of drug-likeness (QED) is 0.666. The first-order valence-electron chi connectivity index (χ1n) is 10.8. The number of benzene rings is 1. The number of carbonyl (C=O) groups is 2. The number of dihydropyridines is 1. The molecule has 3 rings (SSSR count). The van der Waals surface area contributed by atoms with Crippen molar-refractivity contribution >= 4 is 11.8 Å². The van der Waals surface area contributed by atoms with Crippen LogP contribution in [0.25, 0.3) is 0 Å². The molecule has 1 N–H and O–H groups in total. The minimum atomic E-state index is -0.513. The van der Waals surface area contributed by atoms with Crippen LogP contribution >= 0.6 is 0 Å². The summed E-state index contributed by atoms with van der Waals surface area (Å²) in [6.45, 7) is 12.0. The van der Waals surface area contributed by atoms with Crippen LogP contribution in [-0.2, 0) is 14.3 Å². The van der Waals surface area contributed by atoms with Gasteiger partial charge in [0.2, 0.25) is 0 Å². The van der Waals surface area contributed by atoms with Gasteiger partial charge in [-0.3, -0.25) is 4.79 Å². The molecular formula is C25H33NO5. The highest BCUT2D eigenvalue weighted by atomic mass is 16.5. The number of nitrogens with one attached hydrogen (secondary N) is 1. The molecule has 1 aromatic rings. The Balaban J connectivity index is 2.17. The third-order valence-electron chi connectivity index (χ3n) is 5.62. The van der Waals surface area contributed by atoms with Crippen LogP contribution in [0.2, 0.25) is 0 Å². The van der Waals surface area contributed by atoms with Crippen LogP contribution < -0.4 is 14.8 Å². The van der Waals surface area contributed by atoms with Crippen molar-refractivity contribution in [2.24, 2.45) is 5.41 Å². The number of methoxy groups -OCH3 is 1. The molecule has 2 aliphatic rings. The van der Waals surface area contributed by atoms with E-state index >= 15 is 0 Å². The second-order valence-electron chi connectivity index (χ2n) is 9.23. The van der Waals surface area contributed by atoms with E-state index in [4.69, 9.17) is 14.2 Å². The molecule has 0 saturated heterocycles. The highest BCUT2D eigenvalue weighted by molar-refractivity contribution is 6.04. The normalized spacial score (nSPS) is 20.4. The maximum atomic E-state index is 13.3. The SMILES string of the molecule is CCOC(=O)C1=C(C)NC2=C(C(=O)CC(C)(C)C2)[C@H]1c1ccc(OC(C)C)c(OC)c1. The van der Waals surface area contributed by atoms with Crippen LogP contribution in [0, 0.1) is 5.41 Å². The molecule has 0 fully saturated rings. The number of Topliss-reactive ketones (excluding diaryl/α,β-unsaturated/α-hetero) is 1. The van der Waals surface area contributed by atoms with Gasteiger partial charge in [-0.1, -0.05) is 19.9 Å². The van der Waals surface area contributed by atoms with Crippen molar-refractivity contribution < 1.29 is 23.8 Å². The van der Waals surface area contributed by atoms with Gasteiger partial charge in [-0.15, -0.1) is 0 Å². The molecule has 0 bridgehead atoms. The van der Waals surface area contributed by atoms with E-state index < -0.39 is 11.9 Å². The lowest BCUT2D eigenvalue weighted by molar-refractivity contribution is -0.138. The Hall–Kier alpha value is -2.76. The first kappa shape index (κ1) is 22.9. The van der Waals surface area contributed by atoms with E-state index in [0.717, 1.165) is 17.7 Å².